The Morgan fingerprint density at radius 3 is 2.71 bits per heavy atom. The van der Waals surface area contributed by atoms with Gasteiger partial charge in [-0.15, -0.1) is 24.8 Å². The minimum absolute atomic E-state index is 0. The minimum atomic E-state index is -0.341. The maximum Gasteiger partial charge on any atom is 0.223 e. The Morgan fingerprint density at radius 2 is 2.14 bits per heavy atom. The van der Waals surface area contributed by atoms with Crippen LogP contribution in [-0.2, 0) is 9.53 Å². The first-order valence-electron chi connectivity index (χ1n) is 9.25. The summed E-state index contributed by atoms with van der Waals surface area (Å²) in [5.74, 6) is -0.0204. The molecule has 2 heterocycles. The zero-order valence-electron chi connectivity index (χ0n) is 16.1. The van der Waals surface area contributed by atoms with Crippen molar-refractivity contribution in [2.75, 3.05) is 39.3 Å². The van der Waals surface area contributed by atoms with E-state index in [0.717, 1.165) is 13.1 Å². The van der Waals surface area contributed by atoms with Crippen LogP contribution >= 0.6 is 36.4 Å². The summed E-state index contributed by atoms with van der Waals surface area (Å²) >= 11 is 6.32. The summed E-state index contributed by atoms with van der Waals surface area (Å²) in [5, 5.41) is 6.60. The molecule has 2 saturated heterocycles. The molecule has 2 N–H and O–H groups in total. The molecule has 0 aromatic heterocycles. The van der Waals surface area contributed by atoms with Crippen LogP contribution < -0.4 is 10.6 Å². The zero-order valence-corrected chi connectivity index (χ0v) is 18.5. The molecule has 0 saturated carbocycles. The Labute approximate surface area is 183 Å². The fraction of sp³-hybridized carbons (Fsp3) is 0.632. The molecule has 0 spiro atoms. The highest BCUT2D eigenvalue weighted by molar-refractivity contribution is 6.31. The van der Waals surface area contributed by atoms with Gasteiger partial charge >= 0.3 is 0 Å². The lowest BCUT2D eigenvalue weighted by molar-refractivity contribution is -0.127. The van der Waals surface area contributed by atoms with E-state index < -0.39 is 0 Å². The monoisotopic (exact) mass is 455 g/mol. The number of halogens is 4. The van der Waals surface area contributed by atoms with E-state index in [9.17, 15) is 9.18 Å². The molecule has 3 unspecified atom stereocenters. The summed E-state index contributed by atoms with van der Waals surface area (Å²) in [7, 11) is 0. The smallest absolute Gasteiger partial charge is 0.223 e. The molecule has 5 nitrogen and oxygen atoms in total. The van der Waals surface area contributed by atoms with Crippen LogP contribution in [0.4, 0.5) is 4.39 Å². The predicted molar refractivity (Wildman–Crippen MR) is 114 cm³/mol. The van der Waals surface area contributed by atoms with E-state index in [0.29, 0.717) is 42.7 Å². The highest BCUT2D eigenvalue weighted by atomic mass is 35.5. The van der Waals surface area contributed by atoms with E-state index in [1.807, 2.05) is 13.8 Å². The van der Waals surface area contributed by atoms with Gasteiger partial charge in [0.1, 0.15) is 5.82 Å². The lowest BCUT2D eigenvalue weighted by Crippen LogP contribution is -2.51. The number of carbonyl (C=O) groups excluding carboxylic acids is 1. The molecule has 2 aliphatic rings. The van der Waals surface area contributed by atoms with E-state index in [1.54, 1.807) is 12.1 Å². The average Bonchev–Trinajstić information content (AvgIpc) is 2.55. The molecule has 28 heavy (non-hydrogen) atoms. The van der Waals surface area contributed by atoms with Crippen molar-refractivity contribution in [2.24, 2.45) is 11.8 Å². The fourth-order valence-corrected chi connectivity index (χ4v) is 3.90. The Balaban J connectivity index is 0.00000196. The normalized spacial score (nSPS) is 22.2. The maximum absolute atomic E-state index is 14.6. The second-order valence-electron chi connectivity index (χ2n) is 7.28. The van der Waals surface area contributed by atoms with Gasteiger partial charge in [-0.2, -0.15) is 0 Å². The van der Waals surface area contributed by atoms with E-state index in [-0.39, 0.29) is 54.6 Å². The van der Waals surface area contributed by atoms with Gasteiger partial charge in [-0.05, 0) is 38.1 Å². The summed E-state index contributed by atoms with van der Waals surface area (Å²) < 4.78 is 20.2. The van der Waals surface area contributed by atoms with Gasteiger partial charge in [0.25, 0.3) is 0 Å². The first-order valence-corrected chi connectivity index (χ1v) is 9.63. The summed E-state index contributed by atoms with van der Waals surface area (Å²) in [5.41, 5.74) is 0.446. The second kappa shape index (κ2) is 11.5. The van der Waals surface area contributed by atoms with Crippen LogP contribution in [0.3, 0.4) is 0 Å². The lowest BCUT2D eigenvalue weighted by Gasteiger charge is -2.38. The van der Waals surface area contributed by atoms with Gasteiger partial charge in [-0.25, -0.2) is 4.39 Å². The van der Waals surface area contributed by atoms with Crippen molar-refractivity contribution < 1.29 is 13.9 Å². The Hall–Kier alpha value is -0.630. The van der Waals surface area contributed by atoms with Gasteiger partial charge in [-0.1, -0.05) is 24.6 Å². The van der Waals surface area contributed by atoms with Gasteiger partial charge in [-0.3, -0.25) is 9.69 Å². The Morgan fingerprint density at radius 1 is 1.43 bits per heavy atom. The molecule has 1 amide bonds. The quantitative estimate of drug-likeness (QED) is 0.691. The molecule has 1 aromatic rings. The molecule has 9 heteroatoms. The molecule has 0 radical (unpaired) electrons. The van der Waals surface area contributed by atoms with Crippen molar-refractivity contribution >= 4 is 42.3 Å². The number of hydrogen-bond acceptors (Lipinski definition) is 4. The SMILES string of the molecule is CC1CN(C(CNC(=O)C(C)C2CNC2)c2c(F)cccc2Cl)CCO1.Cl.Cl. The number of nitrogens with zero attached hydrogens (tertiary/aromatic N) is 1. The number of amides is 1. The molecule has 2 fully saturated rings. The molecule has 3 atom stereocenters. The number of benzene rings is 1. The van der Waals surface area contributed by atoms with Crippen LogP contribution in [0.5, 0.6) is 0 Å². The Bertz CT molecular complexity index is 629. The van der Waals surface area contributed by atoms with Crippen LogP contribution in [0.25, 0.3) is 0 Å². The average molecular weight is 457 g/mol. The molecule has 3 rings (SSSR count). The van der Waals surface area contributed by atoms with Crippen LogP contribution in [0.15, 0.2) is 18.2 Å². The number of morpholine rings is 1. The van der Waals surface area contributed by atoms with Crippen molar-refractivity contribution in [3.8, 4) is 0 Å². The van der Waals surface area contributed by atoms with E-state index in [4.69, 9.17) is 16.3 Å². The van der Waals surface area contributed by atoms with Crippen molar-refractivity contribution in [3.63, 3.8) is 0 Å². The maximum atomic E-state index is 14.6. The van der Waals surface area contributed by atoms with Crippen LogP contribution in [-0.4, -0.2) is 56.2 Å². The van der Waals surface area contributed by atoms with Gasteiger partial charge < -0.3 is 15.4 Å². The van der Waals surface area contributed by atoms with Crippen LogP contribution in [0, 0.1) is 17.7 Å². The highest BCUT2D eigenvalue weighted by Gasteiger charge is 2.32. The summed E-state index contributed by atoms with van der Waals surface area (Å²) in [4.78, 5) is 14.7. The van der Waals surface area contributed by atoms with Gasteiger partial charge in [0.05, 0.1) is 18.8 Å². The van der Waals surface area contributed by atoms with Crippen molar-refractivity contribution in [1.82, 2.24) is 15.5 Å². The number of carbonyl (C=O) groups is 1. The minimum Gasteiger partial charge on any atom is -0.376 e. The molecule has 160 valence electrons. The van der Waals surface area contributed by atoms with Crippen LogP contribution in [0.1, 0.15) is 25.5 Å². The van der Waals surface area contributed by atoms with Gasteiger partial charge in [0.2, 0.25) is 5.91 Å². The standard InChI is InChI=1S/C19H27ClFN3O2.2ClH/c1-12-11-24(6-7-26-12)17(18-15(20)4-3-5-16(18)21)10-23-19(25)13(2)14-8-22-9-14;;/h3-5,12-14,17,22H,6-11H2,1-2H3,(H,23,25);2*1H. The summed E-state index contributed by atoms with van der Waals surface area (Å²) in [6, 6.07) is 4.40. The third kappa shape index (κ3) is 5.94. The zero-order chi connectivity index (χ0) is 18.7. The number of ether oxygens (including phenoxy) is 1. The molecule has 0 bridgehead atoms. The molecule has 2 aliphatic heterocycles. The molecular weight excluding hydrogens is 428 g/mol. The largest absolute Gasteiger partial charge is 0.376 e. The first kappa shape index (κ1) is 25.4. The fourth-order valence-electron chi connectivity index (χ4n) is 3.61. The molecule has 0 aliphatic carbocycles. The van der Waals surface area contributed by atoms with E-state index >= 15 is 0 Å². The van der Waals surface area contributed by atoms with Crippen molar-refractivity contribution in [2.45, 2.75) is 26.0 Å². The van der Waals surface area contributed by atoms with Gasteiger partial charge in [0.15, 0.2) is 0 Å². The summed E-state index contributed by atoms with van der Waals surface area (Å²) in [6.07, 6.45) is 0.0625. The molecular formula is C19H29Cl3FN3O2. The van der Waals surface area contributed by atoms with E-state index in [1.165, 1.54) is 6.07 Å². The van der Waals surface area contributed by atoms with Gasteiger partial charge in [0, 0.05) is 36.1 Å². The third-order valence-electron chi connectivity index (χ3n) is 5.45. The first-order chi connectivity index (χ1) is 12.5. The van der Waals surface area contributed by atoms with E-state index in [2.05, 4.69) is 15.5 Å². The van der Waals surface area contributed by atoms with Crippen LogP contribution in [0.2, 0.25) is 5.02 Å². The lowest BCUT2D eigenvalue weighted by atomic mass is 9.88. The highest BCUT2D eigenvalue weighted by Crippen LogP contribution is 2.31. The predicted octanol–water partition coefficient (Wildman–Crippen LogP) is 3.06. The topological polar surface area (TPSA) is 53.6 Å². The number of nitrogens with one attached hydrogen (secondary N) is 2. The van der Waals surface area contributed by atoms with Crippen molar-refractivity contribution in [3.05, 3.63) is 34.6 Å². The number of rotatable bonds is 6. The summed E-state index contributed by atoms with van der Waals surface area (Å²) in [6.45, 7) is 7.96. The number of hydrogen-bond donors (Lipinski definition) is 2. The third-order valence-corrected chi connectivity index (χ3v) is 5.78. The van der Waals surface area contributed by atoms with Crippen molar-refractivity contribution in [1.29, 1.82) is 0 Å². The second-order valence-corrected chi connectivity index (χ2v) is 7.69. The molecule has 1 aromatic carbocycles. The Kier molecular flexibility index (Phi) is 10.5.